The van der Waals surface area contributed by atoms with E-state index in [2.05, 4.69) is 4.52 Å². The van der Waals surface area contributed by atoms with Gasteiger partial charge < -0.3 is 9.38 Å². The lowest BCUT2D eigenvalue weighted by molar-refractivity contribution is -0.903. The predicted molar refractivity (Wildman–Crippen MR) is 104 cm³/mol. The largest absolute Gasteiger partial charge is 0.472 e. The van der Waals surface area contributed by atoms with Crippen LogP contribution in [-0.4, -0.2) is 49.0 Å². The summed E-state index contributed by atoms with van der Waals surface area (Å²) in [5.74, 6) is -0.000998. The van der Waals surface area contributed by atoms with E-state index < -0.39 is 7.82 Å². The van der Waals surface area contributed by atoms with Crippen LogP contribution in [0, 0.1) is 0 Å². The SMILES string of the molecule is CCOP(=O)(O)OCC[N+](C)(C)Cc1ccc(C(=O)c2ccccc2)cc1. The minimum Gasteiger partial charge on any atom is -0.323 e. The number of carbonyl (C=O) groups excluding carboxylic acids is 1. The standard InChI is InChI=1S/C20H26NO5P/c1-4-25-27(23,24)26-15-14-21(2,3)16-17-10-12-19(13-11-17)20(22)18-8-6-5-7-9-18/h5-13H,4,14-16H2,1-3H3/p+1. The second-order valence-corrected chi connectivity index (χ2v) is 8.38. The molecule has 7 heteroatoms. The van der Waals surface area contributed by atoms with Crippen molar-refractivity contribution in [3.8, 4) is 0 Å². The third kappa shape index (κ3) is 7.01. The van der Waals surface area contributed by atoms with Gasteiger partial charge in [-0.1, -0.05) is 54.6 Å². The minimum atomic E-state index is -3.96. The normalized spacial score (nSPS) is 13.9. The van der Waals surface area contributed by atoms with Gasteiger partial charge in [0.15, 0.2) is 5.78 Å². The second kappa shape index (κ2) is 9.40. The molecule has 6 nitrogen and oxygen atoms in total. The van der Waals surface area contributed by atoms with Gasteiger partial charge in [-0.2, -0.15) is 0 Å². The first-order valence-corrected chi connectivity index (χ1v) is 10.3. The van der Waals surface area contributed by atoms with Crippen LogP contribution in [-0.2, 0) is 20.2 Å². The zero-order valence-corrected chi connectivity index (χ0v) is 16.9. The van der Waals surface area contributed by atoms with Crippen molar-refractivity contribution in [2.45, 2.75) is 13.5 Å². The van der Waals surface area contributed by atoms with Crippen molar-refractivity contribution in [3.63, 3.8) is 0 Å². The van der Waals surface area contributed by atoms with Gasteiger partial charge in [-0.15, -0.1) is 0 Å². The lowest BCUT2D eigenvalue weighted by Gasteiger charge is -2.30. The molecule has 0 aromatic heterocycles. The summed E-state index contributed by atoms with van der Waals surface area (Å²) in [6.07, 6.45) is 0. The molecular formula is C20H27NO5P+. The van der Waals surface area contributed by atoms with E-state index >= 15 is 0 Å². The fourth-order valence-corrected chi connectivity index (χ4v) is 3.41. The maximum atomic E-state index is 12.4. The number of hydrogen-bond acceptors (Lipinski definition) is 4. The Hall–Kier alpha value is -1.82. The molecule has 1 N–H and O–H groups in total. The number of likely N-dealkylation sites (N-methyl/N-ethyl adjacent to an activating group) is 1. The highest BCUT2D eigenvalue weighted by Crippen LogP contribution is 2.42. The fraction of sp³-hybridized carbons (Fsp3) is 0.350. The van der Waals surface area contributed by atoms with Crippen LogP contribution in [0.15, 0.2) is 54.6 Å². The highest BCUT2D eigenvalue weighted by molar-refractivity contribution is 7.47. The third-order valence-corrected chi connectivity index (χ3v) is 5.20. The molecule has 0 aliphatic rings. The molecule has 0 heterocycles. The van der Waals surface area contributed by atoms with Crippen molar-refractivity contribution in [3.05, 3.63) is 71.3 Å². The number of phosphoric acid groups is 1. The summed E-state index contributed by atoms with van der Waals surface area (Å²) in [6, 6.07) is 16.7. The third-order valence-electron chi connectivity index (χ3n) is 4.11. The van der Waals surface area contributed by atoms with Crippen LogP contribution in [0.5, 0.6) is 0 Å². The van der Waals surface area contributed by atoms with Crippen LogP contribution in [0.2, 0.25) is 0 Å². The average molecular weight is 392 g/mol. The van der Waals surface area contributed by atoms with Crippen LogP contribution in [0.1, 0.15) is 28.4 Å². The summed E-state index contributed by atoms with van der Waals surface area (Å²) in [7, 11) is 0.0632. The van der Waals surface area contributed by atoms with Gasteiger partial charge >= 0.3 is 7.82 Å². The molecule has 2 rings (SSSR count). The number of nitrogens with zero attached hydrogens (tertiary/aromatic N) is 1. The first-order chi connectivity index (χ1) is 12.7. The van der Waals surface area contributed by atoms with Crippen molar-refractivity contribution in [2.75, 3.05) is 33.9 Å². The minimum absolute atomic E-state index is 0.000998. The van der Waals surface area contributed by atoms with E-state index in [1.807, 2.05) is 56.6 Å². The van der Waals surface area contributed by atoms with Crippen LogP contribution in [0.3, 0.4) is 0 Å². The summed E-state index contributed by atoms with van der Waals surface area (Å²) in [4.78, 5) is 21.9. The number of carbonyl (C=O) groups is 1. The van der Waals surface area contributed by atoms with Crippen molar-refractivity contribution in [1.82, 2.24) is 0 Å². The Kier molecular flexibility index (Phi) is 7.48. The van der Waals surface area contributed by atoms with Gasteiger partial charge in [-0.25, -0.2) is 4.57 Å². The molecule has 1 atom stereocenters. The first kappa shape index (κ1) is 21.5. The molecule has 0 aliphatic carbocycles. The van der Waals surface area contributed by atoms with Gasteiger partial charge in [0, 0.05) is 16.7 Å². The maximum Gasteiger partial charge on any atom is 0.472 e. The second-order valence-electron chi connectivity index (χ2n) is 6.93. The van der Waals surface area contributed by atoms with Gasteiger partial charge in [0.25, 0.3) is 0 Å². The zero-order valence-electron chi connectivity index (χ0n) is 16.0. The van der Waals surface area contributed by atoms with E-state index in [0.29, 0.717) is 28.7 Å². The van der Waals surface area contributed by atoms with Crippen LogP contribution >= 0.6 is 7.82 Å². The number of ketones is 1. The Morgan fingerprint density at radius 3 is 2.19 bits per heavy atom. The zero-order chi connectivity index (χ0) is 19.9. The number of hydrogen-bond donors (Lipinski definition) is 1. The van der Waals surface area contributed by atoms with E-state index in [1.54, 1.807) is 19.1 Å². The van der Waals surface area contributed by atoms with E-state index in [0.717, 1.165) is 5.56 Å². The Morgan fingerprint density at radius 2 is 1.59 bits per heavy atom. The predicted octanol–water partition coefficient (Wildman–Crippen LogP) is 3.65. The molecule has 2 aromatic rings. The summed E-state index contributed by atoms with van der Waals surface area (Å²) in [5.41, 5.74) is 2.39. The molecule has 0 fully saturated rings. The monoisotopic (exact) mass is 392 g/mol. The molecule has 27 heavy (non-hydrogen) atoms. The number of rotatable bonds is 10. The number of benzene rings is 2. The molecular weight excluding hydrogens is 365 g/mol. The smallest absolute Gasteiger partial charge is 0.323 e. The molecule has 146 valence electrons. The highest BCUT2D eigenvalue weighted by Gasteiger charge is 2.23. The van der Waals surface area contributed by atoms with Gasteiger partial charge in [-0.3, -0.25) is 13.8 Å². The van der Waals surface area contributed by atoms with Crippen molar-refractivity contribution >= 4 is 13.6 Å². The topological polar surface area (TPSA) is 72.8 Å². The summed E-state index contributed by atoms with van der Waals surface area (Å²) < 4.78 is 21.8. The number of phosphoric ester groups is 1. The van der Waals surface area contributed by atoms with Gasteiger partial charge in [0.2, 0.25) is 0 Å². The van der Waals surface area contributed by atoms with Gasteiger partial charge in [0.1, 0.15) is 19.7 Å². The quantitative estimate of drug-likeness (QED) is 0.380. The summed E-state index contributed by atoms with van der Waals surface area (Å²) in [5, 5.41) is 0. The lowest BCUT2D eigenvalue weighted by atomic mass is 10.0. The van der Waals surface area contributed by atoms with Crippen LogP contribution < -0.4 is 0 Å². The van der Waals surface area contributed by atoms with E-state index in [4.69, 9.17) is 4.52 Å². The highest BCUT2D eigenvalue weighted by atomic mass is 31.2. The molecule has 0 saturated heterocycles. The molecule has 0 saturated carbocycles. The van der Waals surface area contributed by atoms with Gasteiger partial charge in [0.05, 0.1) is 20.7 Å². The molecule has 0 amide bonds. The van der Waals surface area contributed by atoms with Crippen molar-refractivity contribution in [2.24, 2.45) is 0 Å². The molecule has 0 radical (unpaired) electrons. The van der Waals surface area contributed by atoms with Crippen LogP contribution in [0.4, 0.5) is 0 Å². The Bertz CT molecular complexity index is 790. The van der Waals surface area contributed by atoms with Crippen molar-refractivity contribution < 1.29 is 27.8 Å². The molecule has 1 unspecified atom stereocenters. The van der Waals surface area contributed by atoms with Crippen molar-refractivity contribution in [1.29, 1.82) is 0 Å². The van der Waals surface area contributed by atoms with Crippen LogP contribution in [0.25, 0.3) is 0 Å². The molecule has 0 aliphatic heterocycles. The van der Waals surface area contributed by atoms with E-state index in [-0.39, 0.29) is 19.0 Å². The molecule has 2 aromatic carbocycles. The van der Waals surface area contributed by atoms with Gasteiger partial charge in [-0.05, 0) is 6.92 Å². The fourth-order valence-electron chi connectivity index (χ4n) is 2.69. The summed E-state index contributed by atoms with van der Waals surface area (Å²) in [6.45, 7) is 3.12. The van der Waals surface area contributed by atoms with E-state index in [1.165, 1.54) is 0 Å². The first-order valence-electron chi connectivity index (χ1n) is 8.85. The number of quaternary nitrogens is 1. The van der Waals surface area contributed by atoms with E-state index in [9.17, 15) is 14.3 Å². The molecule has 0 bridgehead atoms. The maximum absolute atomic E-state index is 12.4. The average Bonchev–Trinajstić information content (AvgIpc) is 2.61. The Balaban J connectivity index is 1.93. The Labute approximate surface area is 160 Å². The summed E-state index contributed by atoms with van der Waals surface area (Å²) >= 11 is 0. The Morgan fingerprint density at radius 1 is 1.00 bits per heavy atom. The molecule has 0 spiro atoms. The lowest BCUT2D eigenvalue weighted by Crippen LogP contribution is -2.41.